The second kappa shape index (κ2) is 8.24. The Hall–Kier alpha value is -2.45. The number of halogens is 1. The highest BCUT2D eigenvalue weighted by Crippen LogP contribution is 2.47. The molecule has 1 amide bonds. The quantitative estimate of drug-likeness (QED) is 0.711. The minimum Gasteiger partial charge on any atom is -0.371 e. The summed E-state index contributed by atoms with van der Waals surface area (Å²) in [5, 5.41) is 3.02. The standard InChI is InChI=1S/C23H28FN3O3S/c1-26(2)31(29,30)19-9-10-21(27-13-3-4-14-27)20(15-19)22(28)25-16-23(11-12-23)17-5-7-18(24)8-6-17/h5-10,15H,3-4,11-14,16H2,1-2H3,(H,25,28). The molecule has 1 aliphatic heterocycles. The van der Waals surface area contributed by atoms with E-state index in [1.165, 1.54) is 32.3 Å². The van der Waals surface area contributed by atoms with Gasteiger partial charge in [0.25, 0.3) is 5.91 Å². The van der Waals surface area contributed by atoms with Crippen LogP contribution in [0.3, 0.4) is 0 Å². The third-order valence-electron chi connectivity index (χ3n) is 6.34. The van der Waals surface area contributed by atoms with Crippen LogP contribution in [0.1, 0.15) is 41.6 Å². The summed E-state index contributed by atoms with van der Waals surface area (Å²) in [6.07, 6.45) is 3.94. The normalized spacial score (nSPS) is 17.7. The minimum atomic E-state index is -3.65. The predicted molar refractivity (Wildman–Crippen MR) is 118 cm³/mol. The zero-order valence-corrected chi connectivity index (χ0v) is 18.7. The van der Waals surface area contributed by atoms with Gasteiger partial charge in [-0.1, -0.05) is 12.1 Å². The number of anilines is 1. The van der Waals surface area contributed by atoms with E-state index in [9.17, 15) is 17.6 Å². The molecule has 8 heteroatoms. The number of rotatable bonds is 7. The number of carbonyl (C=O) groups excluding carboxylic acids is 1. The molecule has 31 heavy (non-hydrogen) atoms. The molecule has 2 aliphatic rings. The van der Waals surface area contributed by atoms with Crippen molar-refractivity contribution in [3.63, 3.8) is 0 Å². The molecule has 0 bridgehead atoms. The van der Waals surface area contributed by atoms with E-state index in [1.807, 2.05) is 0 Å². The molecular formula is C23H28FN3O3S. The van der Waals surface area contributed by atoms with E-state index in [4.69, 9.17) is 0 Å². The minimum absolute atomic E-state index is 0.102. The van der Waals surface area contributed by atoms with E-state index in [0.717, 1.165) is 54.3 Å². The number of hydrogen-bond donors (Lipinski definition) is 1. The molecule has 0 aromatic heterocycles. The SMILES string of the molecule is CN(C)S(=O)(=O)c1ccc(N2CCCC2)c(C(=O)NCC2(c3ccc(F)cc3)CC2)c1. The van der Waals surface area contributed by atoms with Gasteiger partial charge in [-0.3, -0.25) is 4.79 Å². The summed E-state index contributed by atoms with van der Waals surface area (Å²) in [4.78, 5) is 15.5. The number of nitrogens with one attached hydrogen (secondary N) is 1. The van der Waals surface area contributed by atoms with E-state index in [-0.39, 0.29) is 22.0 Å². The zero-order chi connectivity index (χ0) is 22.2. The first-order chi connectivity index (χ1) is 14.7. The highest BCUT2D eigenvalue weighted by Gasteiger charge is 2.44. The first kappa shape index (κ1) is 21.8. The zero-order valence-electron chi connectivity index (χ0n) is 17.9. The van der Waals surface area contributed by atoms with Gasteiger partial charge in [-0.15, -0.1) is 0 Å². The van der Waals surface area contributed by atoms with Gasteiger partial charge in [-0.25, -0.2) is 17.1 Å². The molecule has 2 aromatic carbocycles. The smallest absolute Gasteiger partial charge is 0.253 e. The number of nitrogens with zero attached hydrogens (tertiary/aromatic N) is 2. The number of hydrogen-bond acceptors (Lipinski definition) is 4. The van der Waals surface area contributed by atoms with Gasteiger partial charge >= 0.3 is 0 Å². The molecular weight excluding hydrogens is 417 g/mol. The lowest BCUT2D eigenvalue weighted by Crippen LogP contribution is -2.34. The Labute approximate surface area is 183 Å². The summed E-state index contributed by atoms with van der Waals surface area (Å²) in [6.45, 7) is 2.13. The van der Waals surface area contributed by atoms with Gasteiger partial charge in [-0.05, 0) is 61.6 Å². The van der Waals surface area contributed by atoms with Crippen molar-refractivity contribution < 1.29 is 17.6 Å². The fourth-order valence-electron chi connectivity index (χ4n) is 4.17. The number of benzene rings is 2. The number of amides is 1. The Morgan fingerprint density at radius 1 is 1.10 bits per heavy atom. The molecule has 2 fully saturated rings. The van der Waals surface area contributed by atoms with Crippen molar-refractivity contribution >= 4 is 21.6 Å². The lowest BCUT2D eigenvalue weighted by molar-refractivity contribution is 0.0950. The summed E-state index contributed by atoms with van der Waals surface area (Å²) in [5.74, 6) is -0.566. The summed E-state index contributed by atoms with van der Waals surface area (Å²) in [5.41, 5.74) is 1.97. The second-order valence-corrected chi connectivity index (χ2v) is 10.8. The Kier molecular flexibility index (Phi) is 5.79. The molecule has 1 N–H and O–H groups in total. The molecule has 166 valence electrons. The molecule has 1 saturated heterocycles. The van der Waals surface area contributed by atoms with Crippen molar-refractivity contribution in [2.75, 3.05) is 38.6 Å². The average molecular weight is 446 g/mol. The number of carbonyl (C=O) groups is 1. The summed E-state index contributed by atoms with van der Waals surface area (Å²) < 4.78 is 39.7. The van der Waals surface area contributed by atoms with Crippen LogP contribution in [-0.4, -0.2) is 52.4 Å². The van der Waals surface area contributed by atoms with Crippen LogP contribution < -0.4 is 10.2 Å². The van der Waals surface area contributed by atoms with Crippen LogP contribution in [0.2, 0.25) is 0 Å². The third kappa shape index (κ3) is 4.32. The fraction of sp³-hybridized carbons (Fsp3) is 0.435. The van der Waals surface area contributed by atoms with Gasteiger partial charge in [0, 0.05) is 44.8 Å². The van der Waals surface area contributed by atoms with Crippen LogP contribution >= 0.6 is 0 Å². The molecule has 1 heterocycles. The maximum atomic E-state index is 13.3. The van der Waals surface area contributed by atoms with Crippen molar-refractivity contribution in [2.24, 2.45) is 0 Å². The Balaban J connectivity index is 1.60. The van der Waals surface area contributed by atoms with Crippen LogP contribution in [0.25, 0.3) is 0 Å². The molecule has 1 aliphatic carbocycles. The topological polar surface area (TPSA) is 69.7 Å². The maximum absolute atomic E-state index is 13.3. The maximum Gasteiger partial charge on any atom is 0.253 e. The highest BCUT2D eigenvalue weighted by atomic mass is 32.2. The Bertz CT molecular complexity index is 1070. The molecule has 0 radical (unpaired) electrons. The monoisotopic (exact) mass is 445 g/mol. The molecule has 0 unspecified atom stereocenters. The van der Waals surface area contributed by atoms with Crippen LogP contribution in [0.15, 0.2) is 47.4 Å². The first-order valence-corrected chi connectivity index (χ1v) is 12.0. The van der Waals surface area contributed by atoms with Gasteiger partial charge in [0.1, 0.15) is 5.82 Å². The second-order valence-electron chi connectivity index (χ2n) is 8.63. The van der Waals surface area contributed by atoms with Gasteiger partial charge < -0.3 is 10.2 Å². The lowest BCUT2D eigenvalue weighted by atomic mass is 9.95. The van der Waals surface area contributed by atoms with Crippen molar-refractivity contribution in [2.45, 2.75) is 36.0 Å². The molecule has 0 spiro atoms. The predicted octanol–water partition coefficient (Wildman–Crippen LogP) is 3.14. The van der Waals surface area contributed by atoms with Crippen molar-refractivity contribution in [1.82, 2.24) is 9.62 Å². The van der Waals surface area contributed by atoms with E-state index < -0.39 is 10.0 Å². The summed E-state index contributed by atoms with van der Waals surface area (Å²) in [6, 6.07) is 11.2. The summed E-state index contributed by atoms with van der Waals surface area (Å²) in [7, 11) is -0.702. The van der Waals surface area contributed by atoms with E-state index in [2.05, 4.69) is 10.2 Å². The van der Waals surface area contributed by atoms with E-state index >= 15 is 0 Å². The number of sulfonamides is 1. The van der Waals surface area contributed by atoms with Gasteiger partial charge in [0.2, 0.25) is 10.0 Å². The average Bonchev–Trinajstić information content (AvgIpc) is 3.34. The van der Waals surface area contributed by atoms with Crippen molar-refractivity contribution in [3.05, 3.63) is 59.4 Å². The first-order valence-electron chi connectivity index (χ1n) is 10.6. The van der Waals surface area contributed by atoms with Crippen LogP contribution in [-0.2, 0) is 15.4 Å². The van der Waals surface area contributed by atoms with Gasteiger partial charge in [-0.2, -0.15) is 0 Å². The van der Waals surface area contributed by atoms with E-state index in [0.29, 0.717) is 12.1 Å². The third-order valence-corrected chi connectivity index (χ3v) is 8.15. The molecule has 0 atom stereocenters. The van der Waals surface area contributed by atoms with Gasteiger partial charge in [0.15, 0.2) is 0 Å². The Morgan fingerprint density at radius 2 is 1.74 bits per heavy atom. The fourth-order valence-corrected chi connectivity index (χ4v) is 5.10. The van der Waals surface area contributed by atoms with Crippen LogP contribution in [0, 0.1) is 5.82 Å². The highest BCUT2D eigenvalue weighted by molar-refractivity contribution is 7.89. The Morgan fingerprint density at radius 3 is 2.32 bits per heavy atom. The largest absolute Gasteiger partial charge is 0.371 e. The van der Waals surface area contributed by atoms with Crippen molar-refractivity contribution in [1.29, 1.82) is 0 Å². The van der Waals surface area contributed by atoms with Crippen LogP contribution in [0.4, 0.5) is 10.1 Å². The molecule has 4 rings (SSSR count). The van der Waals surface area contributed by atoms with Crippen LogP contribution in [0.5, 0.6) is 0 Å². The van der Waals surface area contributed by atoms with Gasteiger partial charge in [0.05, 0.1) is 10.5 Å². The van der Waals surface area contributed by atoms with E-state index in [1.54, 1.807) is 24.3 Å². The molecule has 1 saturated carbocycles. The summed E-state index contributed by atoms with van der Waals surface area (Å²) >= 11 is 0. The van der Waals surface area contributed by atoms with Crippen molar-refractivity contribution in [3.8, 4) is 0 Å². The lowest BCUT2D eigenvalue weighted by Gasteiger charge is -2.23. The molecule has 6 nitrogen and oxygen atoms in total. The molecule has 2 aromatic rings.